The Kier molecular flexibility index (Phi) is 4.06. The van der Waals surface area contributed by atoms with E-state index in [0.717, 1.165) is 12.1 Å². The molecular formula is C10H7F3O3S. The molecule has 0 atom stereocenters. The Bertz CT molecular complexity index is 454. The van der Waals surface area contributed by atoms with Gasteiger partial charge in [0.05, 0.1) is 4.91 Å². The number of alkyl halides is 3. The third-order valence-electron chi connectivity index (χ3n) is 1.66. The van der Waals surface area contributed by atoms with Crippen molar-refractivity contribution in [2.45, 2.75) is 6.36 Å². The van der Waals surface area contributed by atoms with Crippen LogP contribution in [0.4, 0.5) is 13.2 Å². The first-order chi connectivity index (χ1) is 7.79. The van der Waals surface area contributed by atoms with Crippen LogP contribution in [-0.4, -0.2) is 17.4 Å². The number of aliphatic carboxylic acids is 1. The number of para-hydroxylation sites is 1. The van der Waals surface area contributed by atoms with Crippen LogP contribution in [0.5, 0.6) is 5.75 Å². The molecule has 92 valence electrons. The summed E-state index contributed by atoms with van der Waals surface area (Å²) in [5.41, 5.74) is -0.0165. The van der Waals surface area contributed by atoms with Crippen LogP contribution < -0.4 is 4.74 Å². The zero-order valence-electron chi connectivity index (χ0n) is 8.23. The second-order valence-electron chi connectivity index (χ2n) is 2.92. The normalized spacial score (nSPS) is 12.4. The Hall–Kier alpha value is -1.63. The average Bonchev–Trinajstić information content (AvgIpc) is 2.18. The van der Waals surface area contributed by atoms with Crippen molar-refractivity contribution in [3.05, 3.63) is 34.7 Å². The minimum atomic E-state index is -4.83. The number of hydrogen-bond acceptors (Lipinski definition) is 3. The molecule has 1 aromatic rings. The zero-order valence-corrected chi connectivity index (χ0v) is 9.13. The molecule has 0 amide bonds. The van der Waals surface area contributed by atoms with Crippen molar-refractivity contribution in [2.24, 2.45) is 0 Å². The highest BCUT2D eigenvalue weighted by Crippen LogP contribution is 2.28. The molecule has 7 heteroatoms. The van der Waals surface area contributed by atoms with Crippen molar-refractivity contribution < 1.29 is 27.8 Å². The highest BCUT2D eigenvalue weighted by molar-refractivity contribution is 7.85. The molecule has 0 unspecified atom stereocenters. The number of halogens is 3. The number of carboxylic acid groups (broad SMARTS) is 1. The molecule has 0 aliphatic carbocycles. The summed E-state index contributed by atoms with van der Waals surface area (Å²) in [5, 5.41) is 8.56. The van der Waals surface area contributed by atoms with Crippen LogP contribution in [-0.2, 0) is 4.79 Å². The molecular weight excluding hydrogens is 257 g/mol. The summed E-state index contributed by atoms with van der Waals surface area (Å²) in [7, 11) is 0. The summed E-state index contributed by atoms with van der Waals surface area (Å²) in [6, 6.07) is 5.18. The van der Waals surface area contributed by atoms with E-state index in [1.165, 1.54) is 18.2 Å². The van der Waals surface area contributed by atoms with Crippen molar-refractivity contribution in [2.75, 3.05) is 0 Å². The zero-order chi connectivity index (χ0) is 13.1. The van der Waals surface area contributed by atoms with Crippen molar-refractivity contribution in [3.63, 3.8) is 0 Å². The lowest BCUT2D eigenvalue weighted by Crippen LogP contribution is -2.17. The van der Waals surface area contributed by atoms with Gasteiger partial charge in [-0.2, -0.15) is 0 Å². The first-order valence-corrected chi connectivity index (χ1v) is 4.73. The van der Waals surface area contributed by atoms with Gasteiger partial charge in [-0.1, -0.05) is 18.2 Å². The average molecular weight is 264 g/mol. The molecule has 0 heterocycles. The molecule has 0 bridgehead atoms. The van der Waals surface area contributed by atoms with E-state index in [-0.39, 0.29) is 10.5 Å². The number of thiol groups is 1. The molecule has 1 N–H and O–H groups in total. The second kappa shape index (κ2) is 5.13. The molecule has 0 aliphatic heterocycles. The number of carbonyl (C=O) groups is 1. The van der Waals surface area contributed by atoms with Crippen molar-refractivity contribution in [1.82, 2.24) is 0 Å². The predicted molar refractivity (Wildman–Crippen MR) is 57.7 cm³/mol. The molecule has 0 aliphatic rings. The lowest BCUT2D eigenvalue weighted by atomic mass is 10.2. The van der Waals surface area contributed by atoms with Gasteiger partial charge in [-0.3, -0.25) is 0 Å². The van der Waals surface area contributed by atoms with Crippen molar-refractivity contribution in [1.29, 1.82) is 0 Å². The maximum atomic E-state index is 12.0. The van der Waals surface area contributed by atoms with Crippen LogP contribution in [0.15, 0.2) is 29.2 Å². The largest absolute Gasteiger partial charge is 0.573 e. The molecule has 0 aromatic heterocycles. The fourth-order valence-corrected chi connectivity index (χ4v) is 1.17. The summed E-state index contributed by atoms with van der Waals surface area (Å²) < 4.78 is 39.9. The van der Waals surface area contributed by atoms with E-state index < -0.39 is 18.1 Å². The van der Waals surface area contributed by atoms with E-state index >= 15 is 0 Å². The molecule has 17 heavy (non-hydrogen) atoms. The van der Waals surface area contributed by atoms with Crippen molar-refractivity contribution >= 4 is 24.7 Å². The molecule has 0 saturated heterocycles. The molecule has 3 nitrogen and oxygen atoms in total. The number of benzene rings is 1. The van der Waals surface area contributed by atoms with Crippen LogP contribution in [0.1, 0.15) is 5.56 Å². The van der Waals surface area contributed by atoms with Gasteiger partial charge in [-0.15, -0.1) is 25.8 Å². The Morgan fingerprint density at radius 1 is 1.35 bits per heavy atom. The fourth-order valence-electron chi connectivity index (χ4n) is 1.03. The van der Waals surface area contributed by atoms with Gasteiger partial charge in [0.25, 0.3) is 0 Å². The number of ether oxygens (including phenoxy) is 1. The molecule has 0 fully saturated rings. The Morgan fingerprint density at radius 2 is 1.94 bits per heavy atom. The third kappa shape index (κ3) is 4.39. The van der Waals surface area contributed by atoms with Gasteiger partial charge < -0.3 is 9.84 Å². The van der Waals surface area contributed by atoms with Gasteiger partial charge in [-0.05, 0) is 12.1 Å². The summed E-state index contributed by atoms with van der Waals surface area (Å²) in [6.45, 7) is 0. The van der Waals surface area contributed by atoms with Gasteiger partial charge in [0.15, 0.2) is 0 Å². The fraction of sp³-hybridized carbons (Fsp3) is 0.100. The topological polar surface area (TPSA) is 46.5 Å². The maximum Gasteiger partial charge on any atom is 0.573 e. The lowest BCUT2D eigenvalue weighted by Gasteiger charge is -2.11. The SMILES string of the molecule is O=C(O)/C(S)=C/c1ccccc1OC(F)(F)F. The van der Waals surface area contributed by atoms with E-state index in [0.29, 0.717) is 0 Å². The molecule has 0 radical (unpaired) electrons. The predicted octanol–water partition coefficient (Wildman–Crippen LogP) is 2.94. The minimum Gasteiger partial charge on any atom is -0.477 e. The van der Waals surface area contributed by atoms with Crippen LogP contribution in [0.2, 0.25) is 0 Å². The lowest BCUT2D eigenvalue weighted by molar-refractivity contribution is -0.274. The van der Waals surface area contributed by atoms with E-state index in [2.05, 4.69) is 17.4 Å². The summed E-state index contributed by atoms with van der Waals surface area (Å²) in [4.78, 5) is 10.1. The second-order valence-corrected chi connectivity index (χ2v) is 3.40. The smallest absolute Gasteiger partial charge is 0.477 e. The van der Waals surface area contributed by atoms with Crippen LogP contribution in [0.3, 0.4) is 0 Å². The van der Waals surface area contributed by atoms with E-state index in [4.69, 9.17) is 5.11 Å². The standard InChI is InChI=1S/C10H7F3O3S/c11-10(12,13)16-7-4-2-1-3-6(7)5-8(17)9(14)15/h1-5,17H,(H,14,15)/b8-5-. The number of rotatable bonds is 3. The maximum absolute atomic E-state index is 12.0. The summed E-state index contributed by atoms with van der Waals surface area (Å²) in [6.07, 6.45) is -3.85. The number of hydrogen-bond donors (Lipinski definition) is 2. The van der Waals surface area contributed by atoms with Crippen LogP contribution in [0, 0.1) is 0 Å². The third-order valence-corrected chi connectivity index (χ3v) is 1.98. The summed E-state index contributed by atoms with van der Waals surface area (Å²) >= 11 is 3.62. The monoisotopic (exact) mass is 264 g/mol. The summed E-state index contributed by atoms with van der Waals surface area (Å²) in [5.74, 6) is -1.82. The molecule has 1 rings (SSSR count). The molecule has 1 aromatic carbocycles. The molecule has 0 saturated carbocycles. The van der Waals surface area contributed by atoms with Gasteiger partial charge in [0.2, 0.25) is 0 Å². The van der Waals surface area contributed by atoms with Crippen LogP contribution >= 0.6 is 12.6 Å². The van der Waals surface area contributed by atoms with Crippen molar-refractivity contribution in [3.8, 4) is 5.75 Å². The highest BCUT2D eigenvalue weighted by atomic mass is 32.1. The highest BCUT2D eigenvalue weighted by Gasteiger charge is 2.31. The quantitative estimate of drug-likeness (QED) is 0.651. The Morgan fingerprint density at radius 3 is 2.47 bits per heavy atom. The van der Waals surface area contributed by atoms with Gasteiger partial charge >= 0.3 is 12.3 Å². The van der Waals surface area contributed by atoms with Gasteiger partial charge in [0.1, 0.15) is 5.75 Å². The Balaban J connectivity index is 3.09. The van der Waals surface area contributed by atoms with E-state index in [1.807, 2.05) is 0 Å². The molecule has 0 spiro atoms. The first-order valence-electron chi connectivity index (χ1n) is 4.28. The Labute approximate surface area is 99.9 Å². The van der Waals surface area contributed by atoms with Gasteiger partial charge in [-0.25, -0.2) is 4.79 Å². The number of carboxylic acids is 1. The minimum absolute atomic E-state index is 0.0165. The first kappa shape index (κ1) is 13.4. The van der Waals surface area contributed by atoms with Crippen LogP contribution in [0.25, 0.3) is 6.08 Å². The van der Waals surface area contributed by atoms with Gasteiger partial charge in [0, 0.05) is 5.56 Å². The van der Waals surface area contributed by atoms with E-state index in [9.17, 15) is 18.0 Å². The van der Waals surface area contributed by atoms with E-state index in [1.54, 1.807) is 0 Å².